The number of anilines is 1. The molecule has 4 aromatic rings. The Morgan fingerprint density at radius 1 is 0.962 bits per heavy atom. The number of aromatic nitrogens is 2. The summed E-state index contributed by atoms with van der Waals surface area (Å²) in [5, 5.41) is 2.87. The zero-order valence-electron chi connectivity index (χ0n) is 13.2. The van der Waals surface area contributed by atoms with Crippen LogP contribution < -0.4 is 5.32 Å². The summed E-state index contributed by atoms with van der Waals surface area (Å²) in [5.74, 6) is 0.293. The fraction of sp³-hybridized carbons (Fsp3) is 0. The molecule has 2 aromatic carbocycles. The lowest BCUT2D eigenvalue weighted by Crippen LogP contribution is -2.11. The number of halogens is 2. The van der Waals surface area contributed by atoms with Gasteiger partial charge in [-0.05, 0) is 64.5 Å². The van der Waals surface area contributed by atoms with Crippen molar-refractivity contribution >= 4 is 54.6 Å². The molecule has 0 saturated heterocycles. The second-order valence-electron chi connectivity index (χ2n) is 5.55. The van der Waals surface area contributed by atoms with Crippen LogP contribution >= 0.6 is 31.9 Å². The van der Waals surface area contributed by atoms with Gasteiger partial charge in [0.25, 0.3) is 5.91 Å². The molecule has 0 aliphatic rings. The molecular formula is C19H11Br2N3O2. The molecule has 0 aliphatic carbocycles. The molecule has 0 fully saturated rings. The number of pyridine rings is 1. The van der Waals surface area contributed by atoms with Crippen molar-refractivity contribution in [1.82, 2.24) is 9.97 Å². The first kappa shape index (κ1) is 16.9. The highest BCUT2D eigenvalue weighted by molar-refractivity contribution is 9.10. The lowest BCUT2D eigenvalue weighted by molar-refractivity contribution is 0.102. The van der Waals surface area contributed by atoms with Crippen molar-refractivity contribution in [3.05, 3.63) is 75.4 Å². The van der Waals surface area contributed by atoms with E-state index < -0.39 is 0 Å². The largest absolute Gasteiger partial charge is 0.436 e. The van der Waals surface area contributed by atoms with Gasteiger partial charge in [0, 0.05) is 32.6 Å². The van der Waals surface area contributed by atoms with Crippen LogP contribution in [0.15, 0.2) is 74.3 Å². The SMILES string of the molecule is O=C(Nc1ccc2oc(-c3cncc(Br)c3)nc2c1)c1ccc(Br)cc1. The van der Waals surface area contributed by atoms with Gasteiger partial charge in [-0.1, -0.05) is 15.9 Å². The van der Waals surface area contributed by atoms with Crippen molar-refractivity contribution in [3.8, 4) is 11.5 Å². The van der Waals surface area contributed by atoms with Crippen LogP contribution in [0.3, 0.4) is 0 Å². The van der Waals surface area contributed by atoms with Crippen LogP contribution in [0.25, 0.3) is 22.6 Å². The Hall–Kier alpha value is -2.51. The van der Waals surface area contributed by atoms with Gasteiger partial charge in [-0.3, -0.25) is 9.78 Å². The maximum Gasteiger partial charge on any atom is 0.255 e. The number of carbonyl (C=O) groups excluding carboxylic acids is 1. The molecule has 26 heavy (non-hydrogen) atoms. The fourth-order valence-corrected chi connectivity index (χ4v) is 3.09. The molecule has 5 nitrogen and oxygen atoms in total. The number of hydrogen-bond acceptors (Lipinski definition) is 4. The monoisotopic (exact) mass is 471 g/mol. The summed E-state index contributed by atoms with van der Waals surface area (Å²) in [7, 11) is 0. The molecule has 0 saturated carbocycles. The third-order valence-corrected chi connectivity index (χ3v) is 4.67. The molecule has 0 aliphatic heterocycles. The zero-order chi connectivity index (χ0) is 18.1. The topological polar surface area (TPSA) is 68.0 Å². The van der Waals surface area contributed by atoms with Gasteiger partial charge >= 0.3 is 0 Å². The van der Waals surface area contributed by atoms with E-state index in [1.54, 1.807) is 42.7 Å². The predicted molar refractivity (Wildman–Crippen MR) is 107 cm³/mol. The van der Waals surface area contributed by atoms with E-state index >= 15 is 0 Å². The van der Waals surface area contributed by atoms with Gasteiger partial charge in [-0.2, -0.15) is 0 Å². The molecule has 0 radical (unpaired) electrons. The van der Waals surface area contributed by atoms with Crippen molar-refractivity contribution in [3.63, 3.8) is 0 Å². The number of benzene rings is 2. The Bertz CT molecular complexity index is 1110. The number of carbonyl (C=O) groups is 1. The predicted octanol–water partition coefficient (Wildman–Crippen LogP) is 5.67. The minimum Gasteiger partial charge on any atom is -0.436 e. The summed E-state index contributed by atoms with van der Waals surface area (Å²) < 4.78 is 7.55. The van der Waals surface area contributed by atoms with Crippen molar-refractivity contribution in [2.24, 2.45) is 0 Å². The number of oxazole rings is 1. The van der Waals surface area contributed by atoms with Crippen molar-refractivity contribution < 1.29 is 9.21 Å². The number of rotatable bonds is 3. The highest BCUT2D eigenvalue weighted by Crippen LogP contribution is 2.27. The van der Waals surface area contributed by atoms with Crippen molar-refractivity contribution in [2.45, 2.75) is 0 Å². The average Bonchev–Trinajstić information content (AvgIpc) is 3.05. The molecule has 1 N–H and O–H groups in total. The van der Waals surface area contributed by atoms with Crippen LogP contribution in [0.1, 0.15) is 10.4 Å². The summed E-state index contributed by atoms with van der Waals surface area (Å²) in [6.45, 7) is 0. The third kappa shape index (κ3) is 3.54. The zero-order valence-corrected chi connectivity index (χ0v) is 16.4. The summed E-state index contributed by atoms with van der Waals surface area (Å²) in [6.07, 6.45) is 3.38. The lowest BCUT2D eigenvalue weighted by atomic mass is 10.2. The molecular weight excluding hydrogens is 462 g/mol. The van der Waals surface area contributed by atoms with Crippen LogP contribution in [0.5, 0.6) is 0 Å². The first-order valence-electron chi connectivity index (χ1n) is 7.67. The van der Waals surface area contributed by atoms with Gasteiger partial charge in [-0.25, -0.2) is 4.98 Å². The van der Waals surface area contributed by atoms with E-state index in [0.29, 0.717) is 28.2 Å². The third-order valence-electron chi connectivity index (χ3n) is 3.70. The van der Waals surface area contributed by atoms with E-state index in [0.717, 1.165) is 14.5 Å². The molecule has 2 aromatic heterocycles. The van der Waals surface area contributed by atoms with Gasteiger partial charge in [0.15, 0.2) is 5.58 Å². The van der Waals surface area contributed by atoms with E-state index in [1.165, 1.54) is 0 Å². The normalized spacial score (nSPS) is 10.8. The second-order valence-corrected chi connectivity index (χ2v) is 7.39. The Balaban J connectivity index is 1.61. The molecule has 0 unspecified atom stereocenters. The molecule has 7 heteroatoms. The quantitative estimate of drug-likeness (QED) is 0.417. The van der Waals surface area contributed by atoms with Gasteiger partial charge in [0.05, 0.1) is 5.56 Å². The number of amides is 1. The average molecular weight is 473 g/mol. The van der Waals surface area contributed by atoms with Gasteiger partial charge in [0.1, 0.15) is 5.52 Å². The Labute approximate surface area is 165 Å². The minimum absolute atomic E-state index is 0.184. The smallest absolute Gasteiger partial charge is 0.255 e. The Morgan fingerprint density at radius 3 is 2.54 bits per heavy atom. The summed E-state index contributed by atoms with van der Waals surface area (Å²) in [5.41, 5.74) is 3.30. The molecule has 0 spiro atoms. The van der Waals surface area contributed by atoms with Crippen molar-refractivity contribution in [2.75, 3.05) is 5.32 Å². The van der Waals surface area contributed by atoms with E-state index in [9.17, 15) is 4.79 Å². The standard InChI is InChI=1S/C19H11Br2N3O2/c20-13-3-1-11(2-4-13)18(25)23-15-5-6-17-16(8-15)24-19(26-17)12-7-14(21)10-22-9-12/h1-10H,(H,23,25). The van der Waals surface area contributed by atoms with E-state index in [1.807, 2.05) is 18.2 Å². The molecule has 1 amide bonds. The van der Waals surface area contributed by atoms with Crippen LogP contribution in [0, 0.1) is 0 Å². The minimum atomic E-state index is -0.184. The molecule has 0 bridgehead atoms. The molecule has 2 heterocycles. The Kier molecular flexibility index (Phi) is 4.57. The summed E-state index contributed by atoms with van der Waals surface area (Å²) in [6, 6.07) is 14.4. The summed E-state index contributed by atoms with van der Waals surface area (Å²) >= 11 is 6.74. The second kappa shape index (κ2) is 7.01. The van der Waals surface area contributed by atoms with Crippen LogP contribution in [0.2, 0.25) is 0 Å². The fourth-order valence-electron chi connectivity index (χ4n) is 2.46. The molecule has 128 valence electrons. The van der Waals surface area contributed by atoms with E-state index in [2.05, 4.69) is 47.1 Å². The van der Waals surface area contributed by atoms with Crippen LogP contribution in [-0.2, 0) is 0 Å². The van der Waals surface area contributed by atoms with E-state index in [-0.39, 0.29) is 5.91 Å². The molecule has 4 rings (SSSR count). The van der Waals surface area contributed by atoms with E-state index in [4.69, 9.17) is 4.42 Å². The van der Waals surface area contributed by atoms with Gasteiger partial charge in [0.2, 0.25) is 5.89 Å². The number of nitrogens with one attached hydrogen (secondary N) is 1. The van der Waals surface area contributed by atoms with Gasteiger partial charge < -0.3 is 9.73 Å². The molecule has 0 atom stereocenters. The first-order chi connectivity index (χ1) is 12.6. The maximum atomic E-state index is 12.3. The highest BCUT2D eigenvalue weighted by atomic mass is 79.9. The number of fused-ring (bicyclic) bond motifs is 1. The lowest BCUT2D eigenvalue weighted by Gasteiger charge is -2.05. The van der Waals surface area contributed by atoms with Gasteiger partial charge in [-0.15, -0.1) is 0 Å². The maximum absolute atomic E-state index is 12.3. The number of nitrogens with zero attached hydrogens (tertiary/aromatic N) is 2. The van der Waals surface area contributed by atoms with Crippen molar-refractivity contribution in [1.29, 1.82) is 0 Å². The first-order valence-corrected chi connectivity index (χ1v) is 9.25. The van der Waals surface area contributed by atoms with Crippen LogP contribution in [-0.4, -0.2) is 15.9 Å². The number of hydrogen-bond donors (Lipinski definition) is 1. The Morgan fingerprint density at radius 2 is 1.77 bits per heavy atom. The highest BCUT2D eigenvalue weighted by Gasteiger charge is 2.11. The summed E-state index contributed by atoms with van der Waals surface area (Å²) in [4.78, 5) is 21.0. The van der Waals surface area contributed by atoms with Crippen LogP contribution in [0.4, 0.5) is 5.69 Å².